The Morgan fingerprint density at radius 3 is 2.27 bits per heavy atom. The first-order chi connectivity index (χ1) is 10.7. The molecule has 0 bridgehead atoms. The lowest BCUT2D eigenvalue weighted by atomic mass is 10.3. The van der Waals surface area contributed by atoms with Gasteiger partial charge in [-0.1, -0.05) is 35.9 Å². The van der Waals surface area contributed by atoms with Gasteiger partial charge in [0.25, 0.3) is 0 Å². The Morgan fingerprint density at radius 1 is 1.05 bits per heavy atom. The van der Waals surface area contributed by atoms with Gasteiger partial charge in [0.15, 0.2) is 5.75 Å². The van der Waals surface area contributed by atoms with Crippen molar-refractivity contribution in [3.63, 3.8) is 0 Å². The largest absolute Gasteiger partial charge is 0.454 e. The first-order valence-corrected chi connectivity index (χ1v) is 7.60. The zero-order valence-electron chi connectivity index (χ0n) is 12.7. The van der Waals surface area contributed by atoms with Crippen LogP contribution in [0.2, 0.25) is 5.02 Å². The van der Waals surface area contributed by atoms with Crippen LogP contribution in [0, 0.1) is 0 Å². The molecule has 2 amide bonds. The summed E-state index contributed by atoms with van der Waals surface area (Å²) >= 11 is 6.11. The number of carbonyl (C=O) groups excluding carboxylic acids is 1. The summed E-state index contributed by atoms with van der Waals surface area (Å²) in [6.07, 6.45) is 0. The van der Waals surface area contributed by atoms with Crippen molar-refractivity contribution < 1.29 is 9.53 Å². The molecule has 0 fully saturated rings. The topological polar surface area (TPSA) is 41.6 Å². The minimum Gasteiger partial charge on any atom is -0.454 e. The monoisotopic (exact) mass is 318 g/mol. The summed E-state index contributed by atoms with van der Waals surface area (Å²) in [4.78, 5) is 13.9. The number of carbonyl (C=O) groups is 1. The van der Waals surface area contributed by atoms with Crippen molar-refractivity contribution in [1.29, 1.82) is 0 Å². The fourth-order valence-electron chi connectivity index (χ4n) is 2.01. The number of halogens is 1. The van der Waals surface area contributed by atoms with Crippen LogP contribution in [0.3, 0.4) is 0 Å². The summed E-state index contributed by atoms with van der Waals surface area (Å²) in [7, 11) is 0. The third kappa shape index (κ3) is 3.92. The Hall–Kier alpha value is -2.20. The maximum atomic E-state index is 12.2. The van der Waals surface area contributed by atoms with Gasteiger partial charge >= 0.3 is 6.03 Å². The van der Waals surface area contributed by atoms with Crippen LogP contribution in [0.25, 0.3) is 0 Å². The number of amides is 2. The van der Waals surface area contributed by atoms with E-state index in [2.05, 4.69) is 5.32 Å². The van der Waals surface area contributed by atoms with E-state index in [1.807, 2.05) is 38.1 Å². The molecule has 0 aliphatic rings. The van der Waals surface area contributed by atoms with E-state index in [1.54, 1.807) is 29.2 Å². The smallest absolute Gasteiger partial charge is 0.321 e. The van der Waals surface area contributed by atoms with Crippen molar-refractivity contribution in [3.8, 4) is 11.5 Å². The fourth-order valence-corrected chi connectivity index (χ4v) is 2.18. The molecule has 0 aliphatic carbocycles. The molecular formula is C17H19ClN2O2. The molecule has 0 saturated heterocycles. The van der Waals surface area contributed by atoms with E-state index in [0.717, 1.165) is 0 Å². The van der Waals surface area contributed by atoms with Crippen LogP contribution in [0.4, 0.5) is 10.5 Å². The van der Waals surface area contributed by atoms with Gasteiger partial charge in [0.2, 0.25) is 0 Å². The second kappa shape index (κ2) is 7.71. The average molecular weight is 319 g/mol. The van der Waals surface area contributed by atoms with Crippen LogP contribution in [-0.2, 0) is 0 Å². The molecule has 0 atom stereocenters. The molecule has 5 heteroatoms. The van der Waals surface area contributed by atoms with Crippen molar-refractivity contribution in [2.24, 2.45) is 0 Å². The Morgan fingerprint density at radius 2 is 1.64 bits per heavy atom. The second-order valence-electron chi connectivity index (χ2n) is 4.63. The normalized spacial score (nSPS) is 10.1. The molecule has 2 aromatic rings. The Labute approximate surface area is 135 Å². The molecule has 116 valence electrons. The summed E-state index contributed by atoms with van der Waals surface area (Å²) in [5.41, 5.74) is 0.610. The molecule has 0 saturated carbocycles. The molecule has 1 N–H and O–H groups in total. The molecule has 0 aliphatic heterocycles. The minimum absolute atomic E-state index is 0.153. The number of nitrogens with one attached hydrogen (secondary N) is 1. The van der Waals surface area contributed by atoms with Gasteiger partial charge < -0.3 is 15.0 Å². The molecule has 0 unspecified atom stereocenters. The van der Waals surface area contributed by atoms with Gasteiger partial charge in [0, 0.05) is 13.1 Å². The van der Waals surface area contributed by atoms with Crippen LogP contribution in [0.15, 0.2) is 48.5 Å². The van der Waals surface area contributed by atoms with E-state index in [0.29, 0.717) is 35.3 Å². The number of nitrogens with zero attached hydrogens (tertiary/aromatic N) is 1. The molecule has 2 rings (SSSR count). The molecule has 0 heterocycles. The van der Waals surface area contributed by atoms with Crippen molar-refractivity contribution in [1.82, 2.24) is 4.90 Å². The highest BCUT2D eigenvalue weighted by Gasteiger charge is 2.13. The van der Waals surface area contributed by atoms with Gasteiger partial charge in [0.05, 0.1) is 10.7 Å². The molecule has 0 radical (unpaired) electrons. The molecule has 22 heavy (non-hydrogen) atoms. The zero-order valence-corrected chi connectivity index (χ0v) is 13.4. The summed E-state index contributed by atoms with van der Waals surface area (Å²) in [5.74, 6) is 1.10. The third-order valence-corrected chi connectivity index (χ3v) is 3.55. The molecule has 0 spiro atoms. The number of benzene rings is 2. The lowest BCUT2D eigenvalue weighted by molar-refractivity contribution is 0.217. The van der Waals surface area contributed by atoms with E-state index in [4.69, 9.17) is 16.3 Å². The number of hydrogen-bond donors (Lipinski definition) is 1. The SMILES string of the molecule is CCN(CC)C(=O)Nc1ccccc1Oc1ccccc1Cl. The zero-order chi connectivity index (χ0) is 15.9. The van der Waals surface area contributed by atoms with Crippen molar-refractivity contribution >= 4 is 23.3 Å². The molecule has 0 aromatic heterocycles. The Bertz CT molecular complexity index is 642. The van der Waals surface area contributed by atoms with Gasteiger partial charge in [0.1, 0.15) is 5.75 Å². The number of ether oxygens (including phenoxy) is 1. The third-order valence-electron chi connectivity index (χ3n) is 3.24. The molecular weight excluding hydrogens is 300 g/mol. The second-order valence-corrected chi connectivity index (χ2v) is 5.04. The summed E-state index contributed by atoms with van der Waals surface area (Å²) in [6.45, 7) is 5.18. The van der Waals surface area contributed by atoms with Gasteiger partial charge in [-0.15, -0.1) is 0 Å². The Balaban J connectivity index is 2.20. The van der Waals surface area contributed by atoms with Crippen molar-refractivity contribution in [2.45, 2.75) is 13.8 Å². The minimum atomic E-state index is -0.153. The van der Waals surface area contributed by atoms with E-state index < -0.39 is 0 Å². The lowest BCUT2D eigenvalue weighted by Crippen LogP contribution is -2.34. The van der Waals surface area contributed by atoms with E-state index in [9.17, 15) is 4.79 Å². The predicted molar refractivity (Wildman–Crippen MR) is 89.9 cm³/mol. The van der Waals surface area contributed by atoms with Crippen LogP contribution in [0.5, 0.6) is 11.5 Å². The number of rotatable bonds is 5. The van der Waals surface area contributed by atoms with Crippen LogP contribution in [-0.4, -0.2) is 24.0 Å². The lowest BCUT2D eigenvalue weighted by Gasteiger charge is -2.20. The van der Waals surface area contributed by atoms with E-state index >= 15 is 0 Å². The van der Waals surface area contributed by atoms with Gasteiger partial charge in [-0.25, -0.2) is 4.79 Å². The maximum Gasteiger partial charge on any atom is 0.321 e. The summed E-state index contributed by atoms with van der Waals surface area (Å²) < 4.78 is 5.82. The quantitative estimate of drug-likeness (QED) is 0.842. The molecule has 4 nitrogen and oxygen atoms in total. The van der Waals surface area contributed by atoms with Gasteiger partial charge in [-0.2, -0.15) is 0 Å². The van der Waals surface area contributed by atoms with Gasteiger partial charge in [-0.3, -0.25) is 0 Å². The first-order valence-electron chi connectivity index (χ1n) is 7.23. The first kappa shape index (κ1) is 16.2. The van der Waals surface area contributed by atoms with Crippen LogP contribution < -0.4 is 10.1 Å². The van der Waals surface area contributed by atoms with E-state index in [-0.39, 0.29) is 6.03 Å². The maximum absolute atomic E-state index is 12.2. The predicted octanol–water partition coefficient (Wildman–Crippen LogP) is 5.01. The van der Waals surface area contributed by atoms with Crippen LogP contribution in [0.1, 0.15) is 13.8 Å². The van der Waals surface area contributed by atoms with Crippen LogP contribution >= 0.6 is 11.6 Å². The summed E-state index contributed by atoms with van der Waals surface area (Å²) in [5, 5.41) is 3.39. The number of anilines is 1. The standard InChI is InChI=1S/C17H19ClN2O2/c1-3-20(4-2)17(21)19-14-10-6-8-12-16(14)22-15-11-7-5-9-13(15)18/h5-12H,3-4H2,1-2H3,(H,19,21). The summed E-state index contributed by atoms with van der Waals surface area (Å²) in [6, 6.07) is 14.4. The Kier molecular flexibility index (Phi) is 5.67. The highest BCUT2D eigenvalue weighted by atomic mass is 35.5. The average Bonchev–Trinajstić information content (AvgIpc) is 2.52. The highest BCUT2D eigenvalue weighted by Crippen LogP contribution is 2.33. The van der Waals surface area contributed by atoms with Crippen molar-refractivity contribution in [2.75, 3.05) is 18.4 Å². The van der Waals surface area contributed by atoms with E-state index in [1.165, 1.54) is 0 Å². The highest BCUT2D eigenvalue weighted by molar-refractivity contribution is 6.32. The van der Waals surface area contributed by atoms with Crippen molar-refractivity contribution in [3.05, 3.63) is 53.6 Å². The number of urea groups is 1. The molecule has 2 aromatic carbocycles. The number of para-hydroxylation sites is 3. The number of hydrogen-bond acceptors (Lipinski definition) is 2. The van der Waals surface area contributed by atoms with Gasteiger partial charge in [-0.05, 0) is 38.1 Å². The fraction of sp³-hybridized carbons (Fsp3) is 0.235.